The Balaban J connectivity index is 1.89. The summed E-state index contributed by atoms with van der Waals surface area (Å²) < 4.78 is 27.6. The van der Waals surface area contributed by atoms with Crippen molar-refractivity contribution >= 4 is 10.0 Å². The quantitative estimate of drug-likeness (QED) is 0.770. The Morgan fingerprint density at radius 3 is 2.52 bits per heavy atom. The average molecular weight is 331 g/mol. The second-order valence-corrected chi connectivity index (χ2v) is 8.83. The van der Waals surface area contributed by atoms with Gasteiger partial charge in [-0.05, 0) is 51.7 Å². The van der Waals surface area contributed by atoms with Gasteiger partial charge in [-0.3, -0.25) is 0 Å². The molecule has 1 aromatic rings. The molecule has 1 fully saturated rings. The Labute approximate surface area is 139 Å². The summed E-state index contributed by atoms with van der Waals surface area (Å²) in [5.74, 6) is 0.817. The Hall–Kier alpha value is -1.39. The van der Waals surface area contributed by atoms with E-state index in [-0.39, 0.29) is 0 Å². The van der Waals surface area contributed by atoms with E-state index in [0.717, 1.165) is 18.4 Å². The highest BCUT2D eigenvalue weighted by Crippen LogP contribution is 2.38. The molecule has 1 aliphatic heterocycles. The van der Waals surface area contributed by atoms with Gasteiger partial charge in [0, 0.05) is 19.0 Å². The van der Waals surface area contributed by atoms with Gasteiger partial charge >= 0.3 is 0 Å². The molecule has 0 N–H and O–H groups in total. The zero-order chi connectivity index (χ0) is 16.6. The molecule has 2 atom stereocenters. The highest BCUT2D eigenvalue weighted by Gasteiger charge is 2.37. The lowest BCUT2D eigenvalue weighted by atomic mass is 9.75. The third-order valence-corrected chi connectivity index (χ3v) is 6.98. The van der Waals surface area contributed by atoms with E-state index in [2.05, 4.69) is 26.0 Å². The van der Waals surface area contributed by atoms with Crippen molar-refractivity contribution in [2.24, 2.45) is 11.8 Å². The molecule has 23 heavy (non-hydrogen) atoms. The molecule has 3 rings (SSSR count). The monoisotopic (exact) mass is 331 g/mol. The van der Waals surface area contributed by atoms with Crippen molar-refractivity contribution in [1.82, 2.24) is 4.31 Å². The number of hydrogen-bond acceptors (Lipinski definition) is 2. The van der Waals surface area contributed by atoms with Gasteiger partial charge in [0.15, 0.2) is 0 Å². The van der Waals surface area contributed by atoms with E-state index < -0.39 is 10.0 Å². The van der Waals surface area contributed by atoms with Gasteiger partial charge in [-0.2, -0.15) is 4.31 Å². The minimum absolute atomic E-state index is 0.332. The van der Waals surface area contributed by atoms with E-state index in [0.29, 0.717) is 29.8 Å². The topological polar surface area (TPSA) is 37.4 Å². The highest BCUT2D eigenvalue weighted by molar-refractivity contribution is 7.89. The first kappa shape index (κ1) is 16.5. The van der Waals surface area contributed by atoms with E-state index >= 15 is 0 Å². The fourth-order valence-electron chi connectivity index (χ4n) is 3.71. The van der Waals surface area contributed by atoms with Crippen LogP contribution in [0.1, 0.15) is 32.3 Å². The summed E-state index contributed by atoms with van der Waals surface area (Å²) in [4.78, 5) is 0.409. The number of rotatable bonds is 2. The molecule has 0 spiro atoms. The van der Waals surface area contributed by atoms with Crippen LogP contribution in [-0.4, -0.2) is 25.8 Å². The molecule has 0 saturated carbocycles. The third kappa shape index (κ3) is 3.15. The van der Waals surface area contributed by atoms with Gasteiger partial charge in [0.25, 0.3) is 0 Å². The molecule has 4 heteroatoms. The third-order valence-electron chi connectivity index (χ3n) is 5.10. The predicted molar refractivity (Wildman–Crippen MR) is 93.7 cm³/mol. The van der Waals surface area contributed by atoms with Crippen LogP contribution < -0.4 is 0 Å². The van der Waals surface area contributed by atoms with Crippen LogP contribution in [0.25, 0.3) is 0 Å². The normalized spacial score (nSPS) is 25.3. The molecule has 2 aliphatic rings. The van der Waals surface area contributed by atoms with Crippen LogP contribution in [0.2, 0.25) is 0 Å². The Bertz CT molecular complexity index is 740. The van der Waals surface area contributed by atoms with Gasteiger partial charge in [-0.1, -0.05) is 41.0 Å². The van der Waals surface area contributed by atoms with Crippen LogP contribution in [0.5, 0.6) is 0 Å². The molecule has 0 amide bonds. The van der Waals surface area contributed by atoms with Crippen LogP contribution in [0.15, 0.2) is 52.5 Å². The summed E-state index contributed by atoms with van der Waals surface area (Å²) in [6.45, 7) is 7.46. The lowest BCUT2D eigenvalue weighted by Crippen LogP contribution is -2.44. The van der Waals surface area contributed by atoms with Crippen molar-refractivity contribution in [3.8, 4) is 0 Å². The first-order valence-electron chi connectivity index (χ1n) is 8.29. The molecule has 1 aliphatic carbocycles. The molecule has 1 heterocycles. The first-order chi connectivity index (χ1) is 10.9. The van der Waals surface area contributed by atoms with Gasteiger partial charge in [0.1, 0.15) is 0 Å². The van der Waals surface area contributed by atoms with Gasteiger partial charge in [0.05, 0.1) is 4.90 Å². The summed E-state index contributed by atoms with van der Waals surface area (Å²) in [5, 5.41) is 0. The SMILES string of the molecule is CC(C)=C1CC=C[C@@H]2CCN(S(=O)(=O)c3ccc(C)cc3)C[C@@H]12. The van der Waals surface area contributed by atoms with E-state index in [1.807, 2.05) is 19.1 Å². The lowest BCUT2D eigenvalue weighted by molar-refractivity contribution is 0.236. The second kappa shape index (κ2) is 6.25. The van der Waals surface area contributed by atoms with Crippen molar-refractivity contribution in [3.63, 3.8) is 0 Å². The Morgan fingerprint density at radius 2 is 1.87 bits per heavy atom. The molecule has 0 aromatic heterocycles. The van der Waals surface area contributed by atoms with Crippen LogP contribution in [-0.2, 0) is 10.0 Å². The summed E-state index contributed by atoms with van der Waals surface area (Å²) >= 11 is 0. The number of fused-ring (bicyclic) bond motifs is 1. The maximum Gasteiger partial charge on any atom is 0.243 e. The summed E-state index contributed by atoms with van der Waals surface area (Å²) in [6, 6.07) is 7.17. The van der Waals surface area contributed by atoms with E-state index in [4.69, 9.17) is 0 Å². The van der Waals surface area contributed by atoms with Gasteiger partial charge < -0.3 is 0 Å². The fourth-order valence-corrected chi connectivity index (χ4v) is 5.19. The van der Waals surface area contributed by atoms with Crippen molar-refractivity contribution in [1.29, 1.82) is 0 Å². The Kier molecular flexibility index (Phi) is 4.47. The van der Waals surface area contributed by atoms with E-state index in [1.54, 1.807) is 16.4 Å². The fraction of sp³-hybridized carbons (Fsp3) is 0.474. The van der Waals surface area contributed by atoms with Gasteiger partial charge in [0.2, 0.25) is 10.0 Å². The van der Waals surface area contributed by atoms with Crippen molar-refractivity contribution < 1.29 is 8.42 Å². The molecule has 0 bridgehead atoms. The van der Waals surface area contributed by atoms with Crippen LogP contribution in [0.3, 0.4) is 0 Å². The van der Waals surface area contributed by atoms with Gasteiger partial charge in [-0.25, -0.2) is 8.42 Å². The molecule has 124 valence electrons. The number of nitrogens with zero attached hydrogens (tertiary/aromatic N) is 1. The zero-order valence-corrected chi connectivity index (χ0v) is 14.9. The number of allylic oxidation sites excluding steroid dienone is 3. The number of piperidine rings is 1. The largest absolute Gasteiger partial charge is 0.243 e. The number of sulfonamides is 1. The van der Waals surface area contributed by atoms with Crippen molar-refractivity contribution in [3.05, 3.63) is 53.1 Å². The maximum absolute atomic E-state index is 12.9. The second-order valence-electron chi connectivity index (χ2n) is 6.89. The minimum atomic E-state index is -3.39. The van der Waals surface area contributed by atoms with Crippen LogP contribution >= 0.6 is 0 Å². The molecule has 1 saturated heterocycles. The summed E-state index contributed by atoms with van der Waals surface area (Å²) in [7, 11) is -3.39. The average Bonchev–Trinajstić information content (AvgIpc) is 2.54. The van der Waals surface area contributed by atoms with Crippen LogP contribution in [0, 0.1) is 18.8 Å². The number of aryl methyl sites for hydroxylation is 1. The Morgan fingerprint density at radius 1 is 1.17 bits per heavy atom. The minimum Gasteiger partial charge on any atom is -0.207 e. The molecular weight excluding hydrogens is 306 g/mol. The molecule has 0 radical (unpaired) electrons. The zero-order valence-electron chi connectivity index (χ0n) is 14.1. The smallest absolute Gasteiger partial charge is 0.207 e. The van der Waals surface area contributed by atoms with Crippen molar-refractivity contribution in [2.75, 3.05) is 13.1 Å². The highest BCUT2D eigenvalue weighted by atomic mass is 32.2. The number of hydrogen-bond donors (Lipinski definition) is 0. The molecule has 0 unspecified atom stereocenters. The standard InChI is InChI=1S/C19H25NO2S/c1-14(2)18-6-4-5-16-11-12-20(13-19(16)18)23(21,22)17-9-7-15(3)8-10-17/h4-5,7-10,16,19H,6,11-13H2,1-3H3/t16-,19-/m1/s1. The van der Waals surface area contributed by atoms with Gasteiger partial charge in [-0.15, -0.1) is 0 Å². The lowest BCUT2D eigenvalue weighted by Gasteiger charge is -2.40. The van der Waals surface area contributed by atoms with Crippen molar-refractivity contribution in [2.45, 2.75) is 38.5 Å². The molecular formula is C19H25NO2S. The summed E-state index contributed by atoms with van der Waals surface area (Å²) in [5.41, 5.74) is 3.83. The van der Waals surface area contributed by atoms with E-state index in [1.165, 1.54) is 11.1 Å². The van der Waals surface area contributed by atoms with Crippen LogP contribution in [0.4, 0.5) is 0 Å². The number of benzene rings is 1. The summed E-state index contributed by atoms with van der Waals surface area (Å²) in [6.07, 6.45) is 6.39. The first-order valence-corrected chi connectivity index (χ1v) is 9.73. The predicted octanol–water partition coefficient (Wildman–Crippen LogP) is 3.92. The molecule has 1 aromatic carbocycles. The molecule has 3 nitrogen and oxygen atoms in total. The maximum atomic E-state index is 12.9. The van der Waals surface area contributed by atoms with E-state index in [9.17, 15) is 8.42 Å².